The molecule has 110 valence electrons. The third-order valence-corrected chi connectivity index (χ3v) is 5.64. The highest BCUT2D eigenvalue weighted by molar-refractivity contribution is 7.89. The molecule has 0 aliphatic carbocycles. The predicted molar refractivity (Wildman–Crippen MR) is 74.1 cm³/mol. The molecule has 1 fully saturated rings. The fraction of sp³-hybridized carbons (Fsp3) is 0.462. The second-order valence-electron chi connectivity index (χ2n) is 5.04. The molecule has 6 nitrogen and oxygen atoms in total. The minimum absolute atomic E-state index is 0.0243. The van der Waals surface area contributed by atoms with Gasteiger partial charge >= 0.3 is 5.97 Å². The second-order valence-corrected chi connectivity index (χ2v) is 6.95. The minimum atomic E-state index is -3.65. The fourth-order valence-electron chi connectivity index (χ4n) is 2.36. The van der Waals surface area contributed by atoms with Gasteiger partial charge in [0.05, 0.1) is 10.5 Å². The zero-order valence-electron chi connectivity index (χ0n) is 11.2. The van der Waals surface area contributed by atoms with E-state index in [9.17, 15) is 13.2 Å². The summed E-state index contributed by atoms with van der Waals surface area (Å²) in [6, 6.07) is 4.15. The number of hydrogen-bond donors (Lipinski definition) is 2. The first-order valence-corrected chi connectivity index (χ1v) is 7.84. The summed E-state index contributed by atoms with van der Waals surface area (Å²) in [6.07, 6.45) is 0.743. The van der Waals surface area contributed by atoms with Crippen LogP contribution in [0.15, 0.2) is 23.1 Å². The normalized spacial score (nSPS) is 20.2. The number of benzene rings is 1. The summed E-state index contributed by atoms with van der Waals surface area (Å²) in [7, 11) is -3.65. The molecule has 2 rings (SSSR count). The first kappa shape index (κ1) is 15.0. The van der Waals surface area contributed by atoms with Crippen LogP contribution in [0.3, 0.4) is 0 Å². The summed E-state index contributed by atoms with van der Waals surface area (Å²) in [5.41, 5.74) is 6.10. The number of sulfonamides is 1. The molecule has 20 heavy (non-hydrogen) atoms. The Labute approximate surface area is 118 Å². The van der Waals surface area contributed by atoms with E-state index in [0.717, 1.165) is 6.42 Å². The van der Waals surface area contributed by atoms with Crippen LogP contribution < -0.4 is 5.73 Å². The molecule has 1 atom stereocenters. The smallest absolute Gasteiger partial charge is 0.335 e. The van der Waals surface area contributed by atoms with Gasteiger partial charge in [0.2, 0.25) is 10.0 Å². The zero-order valence-corrected chi connectivity index (χ0v) is 12.1. The maximum Gasteiger partial charge on any atom is 0.335 e. The molecule has 1 aliphatic heterocycles. The summed E-state index contributed by atoms with van der Waals surface area (Å²) < 4.78 is 26.6. The van der Waals surface area contributed by atoms with Crippen LogP contribution in [-0.4, -0.2) is 43.4 Å². The van der Waals surface area contributed by atoms with Gasteiger partial charge in [-0.05, 0) is 43.5 Å². The highest BCUT2D eigenvalue weighted by atomic mass is 32.2. The molecular formula is C13H18N2O4S. The molecule has 0 aromatic heterocycles. The van der Waals surface area contributed by atoms with E-state index in [2.05, 4.69) is 0 Å². The van der Waals surface area contributed by atoms with Crippen molar-refractivity contribution in [2.45, 2.75) is 18.2 Å². The van der Waals surface area contributed by atoms with Crippen LogP contribution in [0.4, 0.5) is 0 Å². The Morgan fingerprint density at radius 3 is 2.75 bits per heavy atom. The van der Waals surface area contributed by atoms with Crippen LogP contribution in [-0.2, 0) is 10.0 Å². The monoisotopic (exact) mass is 298 g/mol. The Bertz CT molecular complexity index is 627. The number of carboxylic acids is 1. The van der Waals surface area contributed by atoms with Crippen LogP contribution in [0.1, 0.15) is 22.3 Å². The molecular weight excluding hydrogens is 280 g/mol. The number of aryl methyl sites for hydroxylation is 1. The lowest BCUT2D eigenvalue weighted by molar-refractivity contribution is 0.0696. The summed E-state index contributed by atoms with van der Waals surface area (Å²) in [5.74, 6) is -0.963. The molecule has 1 unspecified atom stereocenters. The van der Waals surface area contributed by atoms with Crippen LogP contribution in [0.25, 0.3) is 0 Å². The van der Waals surface area contributed by atoms with Crippen molar-refractivity contribution in [3.05, 3.63) is 29.3 Å². The molecule has 1 aromatic rings. The van der Waals surface area contributed by atoms with Crippen LogP contribution in [0.5, 0.6) is 0 Å². The fourth-order valence-corrected chi connectivity index (χ4v) is 4.14. The van der Waals surface area contributed by atoms with Crippen molar-refractivity contribution in [3.63, 3.8) is 0 Å². The lowest BCUT2D eigenvalue weighted by atomic mass is 10.1. The summed E-state index contributed by atoms with van der Waals surface area (Å²) in [4.78, 5) is 11.1. The molecule has 0 spiro atoms. The Morgan fingerprint density at radius 1 is 1.50 bits per heavy atom. The van der Waals surface area contributed by atoms with Gasteiger partial charge < -0.3 is 10.8 Å². The molecule has 1 aliphatic rings. The molecule has 0 bridgehead atoms. The van der Waals surface area contributed by atoms with Gasteiger partial charge in [-0.1, -0.05) is 6.07 Å². The largest absolute Gasteiger partial charge is 0.478 e. The van der Waals surface area contributed by atoms with Crippen molar-refractivity contribution in [2.24, 2.45) is 11.7 Å². The highest BCUT2D eigenvalue weighted by Gasteiger charge is 2.33. The lowest BCUT2D eigenvalue weighted by Gasteiger charge is -2.18. The van der Waals surface area contributed by atoms with Crippen molar-refractivity contribution < 1.29 is 18.3 Å². The van der Waals surface area contributed by atoms with Crippen molar-refractivity contribution in [1.82, 2.24) is 4.31 Å². The third kappa shape index (κ3) is 2.70. The van der Waals surface area contributed by atoms with Gasteiger partial charge in [-0.2, -0.15) is 4.31 Å². The number of carbonyl (C=O) groups is 1. The van der Waals surface area contributed by atoms with E-state index < -0.39 is 16.0 Å². The second kappa shape index (κ2) is 5.51. The van der Waals surface area contributed by atoms with Gasteiger partial charge in [0, 0.05) is 13.1 Å². The maximum atomic E-state index is 12.6. The van der Waals surface area contributed by atoms with Crippen LogP contribution >= 0.6 is 0 Å². The first-order chi connectivity index (χ1) is 9.36. The number of carboxylic acid groups (broad SMARTS) is 1. The summed E-state index contributed by atoms with van der Waals surface area (Å²) in [5, 5.41) is 8.99. The predicted octanol–water partition coefficient (Wildman–Crippen LogP) is 0.663. The van der Waals surface area contributed by atoms with E-state index in [1.165, 1.54) is 22.5 Å². The Hall–Kier alpha value is -1.44. The zero-order chi connectivity index (χ0) is 14.9. The van der Waals surface area contributed by atoms with Gasteiger partial charge in [-0.3, -0.25) is 0 Å². The lowest BCUT2D eigenvalue weighted by Crippen LogP contribution is -2.30. The molecule has 0 amide bonds. The van der Waals surface area contributed by atoms with Crippen molar-refractivity contribution in [1.29, 1.82) is 0 Å². The number of nitrogens with zero attached hydrogens (tertiary/aromatic N) is 1. The van der Waals surface area contributed by atoms with Gasteiger partial charge in [0.15, 0.2) is 0 Å². The first-order valence-electron chi connectivity index (χ1n) is 6.40. The third-order valence-electron chi connectivity index (χ3n) is 3.63. The van der Waals surface area contributed by atoms with Gasteiger partial charge in [0.1, 0.15) is 0 Å². The SMILES string of the molecule is Cc1ccc(C(=O)O)cc1S(=O)(=O)N1CCC(CN)C1. The number of rotatable bonds is 4. The quantitative estimate of drug-likeness (QED) is 0.850. The van der Waals surface area contributed by atoms with Crippen molar-refractivity contribution >= 4 is 16.0 Å². The van der Waals surface area contributed by atoms with Crippen LogP contribution in [0.2, 0.25) is 0 Å². The van der Waals surface area contributed by atoms with E-state index >= 15 is 0 Å². The van der Waals surface area contributed by atoms with E-state index in [-0.39, 0.29) is 16.4 Å². The molecule has 3 N–H and O–H groups in total. The molecule has 0 radical (unpaired) electrons. The average Bonchev–Trinajstić information content (AvgIpc) is 2.88. The number of hydrogen-bond acceptors (Lipinski definition) is 4. The Morgan fingerprint density at radius 2 is 2.20 bits per heavy atom. The van der Waals surface area contributed by atoms with Crippen LogP contribution in [0, 0.1) is 12.8 Å². The Kier molecular flexibility index (Phi) is 4.12. The van der Waals surface area contributed by atoms with E-state index in [1.807, 2.05) is 0 Å². The van der Waals surface area contributed by atoms with E-state index in [1.54, 1.807) is 6.92 Å². The topological polar surface area (TPSA) is 101 Å². The molecule has 1 saturated heterocycles. The standard InChI is InChI=1S/C13H18N2O4S/c1-9-2-3-11(13(16)17)6-12(9)20(18,19)15-5-4-10(7-14)8-15/h2-3,6,10H,4-5,7-8,14H2,1H3,(H,16,17). The van der Waals surface area contributed by atoms with E-state index in [0.29, 0.717) is 25.2 Å². The highest BCUT2D eigenvalue weighted by Crippen LogP contribution is 2.26. The van der Waals surface area contributed by atoms with Gasteiger partial charge in [-0.25, -0.2) is 13.2 Å². The van der Waals surface area contributed by atoms with Gasteiger partial charge in [0.25, 0.3) is 0 Å². The Balaban J connectivity index is 2.39. The number of nitrogens with two attached hydrogens (primary N) is 1. The van der Waals surface area contributed by atoms with Crippen molar-refractivity contribution in [3.8, 4) is 0 Å². The molecule has 0 saturated carbocycles. The maximum absolute atomic E-state index is 12.6. The number of aromatic carboxylic acids is 1. The summed E-state index contributed by atoms with van der Waals surface area (Å²) >= 11 is 0. The molecule has 1 heterocycles. The van der Waals surface area contributed by atoms with Gasteiger partial charge in [-0.15, -0.1) is 0 Å². The van der Waals surface area contributed by atoms with Crippen molar-refractivity contribution in [2.75, 3.05) is 19.6 Å². The average molecular weight is 298 g/mol. The summed E-state index contributed by atoms with van der Waals surface area (Å²) in [6.45, 7) is 2.95. The molecule has 1 aromatic carbocycles. The molecule has 7 heteroatoms. The minimum Gasteiger partial charge on any atom is -0.478 e. The van der Waals surface area contributed by atoms with E-state index in [4.69, 9.17) is 10.8 Å².